The minimum Gasteiger partial charge on any atom is -0.291 e. The highest BCUT2D eigenvalue weighted by molar-refractivity contribution is 5.46. The van der Waals surface area contributed by atoms with Crippen LogP contribution in [0.15, 0.2) is 43.6 Å². The number of hydrogen-bond acceptors (Lipinski definition) is 2. The summed E-state index contributed by atoms with van der Waals surface area (Å²) < 4.78 is 1.85. The van der Waals surface area contributed by atoms with Crippen molar-refractivity contribution in [2.24, 2.45) is 0 Å². The Labute approximate surface area is 76.4 Å². The van der Waals surface area contributed by atoms with Gasteiger partial charge in [-0.15, -0.1) is 0 Å². The molecule has 0 spiro atoms. The molecule has 0 saturated carbocycles. The third-order valence-corrected chi connectivity index (χ3v) is 1.78. The molecule has 3 nitrogen and oxygen atoms in total. The summed E-state index contributed by atoms with van der Waals surface area (Å²) in [4.78, 5) is 8.19. The lowest BCUT2D eigenvalue weighted by molar-refractivity contribution is 0.992. The molecule has 2 aromatic rings. The van der Waals surface area contributed by atoms with Crippen LogP contribution in [0.4, 0.5) is 0 Å². The van der Waals surface area contributed by atoms with Gasteiger partial charge >= 0.3 is 0 Å². The quantitative estimate of drug-likeness (QED) is 0.691. The Morgan fingerprint density at radius 3 is 2.85 bits per heavy atom. The van der Waals surface area contributed by atoms with Gasteiger partial charge in [-0.2, -0.15) is 0 Å². The fourth-order valence-electron chi connectivity index (χ4n) is 1.07. The molecule has 13 heavy (non-hydrogen) atoms. The maximum Gasteiger partial charge on any atom is 0.137 e. The largest absolute Gasteiger partial charge is 0.291 e. The van der Waals surface area contributed by atoms with E-state index in [-0.39, 0.29) is 0 Å². The second-order valence-corrected chi connectivity index (χ2v) is 2.62. The normalized spacial score (nSPS) is 9.85. The Bertz CT molecular complexity index is 387. The van der Waals surface area contributed by atoms with Crippen molar-refractivity contribution in [1.29, 1.82) is 0 Å². The summed E-state index contributed by atoms with van der Waals surface area (Å²) in [7, 11) is 0. The van der Waals surface area contributed by atoms with E-state index in [9.17, 15) is 0 Å². The van der Waals surface area contributed by atoms with Crippen molar-refractivity contribution < 1.29 is 0 Å². The van der Waals surface area contributed by atoms with Gasteiger partial charge in [0.2, 0.25) is 0 Å². The van der Waals surface area contributed by atoms with Crippen LogP contribution in [0.2, 0.25) is 0 Å². The predicted octanol–water partition coefficient (Wildman–Crippen LogP) is 1.91. The highest BCUT2D eigenvalue weighted by atomic mass is 15.1. The molecule has 0 aliphatic heterocycles. The Morgan fingerprint density at radius 1 is 1.38 bits per heavy atom. The van der Waals surface area contributed by atoms with Crippen LogP contribution in [-0.4, -0.2) is 14.5 Å². The van der Waals surface area contributed by atoms with E-state index in [1.54, 1.807) is 24.8 Å². The van der Waals surface area contributed by atoms with Crippen molar-refractivity contribution in [3.8, 4) is 5.82 Å². The first-order chi connectivity index (χ1) is 6.40. The summed E-state index contributed by atoms with van der Waals surface area (Å²) in [5.74, 6) is 0.864. The summed E-state index contributed by atoms with van der Waals surface area (Å²) in [5, 5.41) is 0. The molecule has 64 valence electrons. The summed E-state index contributed by atoms with van der Waals surface area (Å²) in [6.45, 7) is 3.66. The topological polar surface area (TPSA) is 30.7 Å². The van der Waals surface area contributed by atoms with Crippen LogP contribution in [0.25, 0.3) is 11.9 Å². The van der Waals surface area contributed by atoms with Crippen molar-refractivity contribution in [1.82, 2.24) is 14.5 Å². The van der Waals surface area contributed by atoms with Crippen LogP contribution in [0.3, 0.4) is 0 Å². The van der Waals surface area contributed by atoms with E-state index in [0.29, 0.717) is 0 Å². The lowest BCUT2D eigenvalue weighted by Gasteiger charge is -1.99. The second kappa shape index (κ2) is 3.23. The lowest BCUT2D eigenvalue weighted by atomic mass is 10.3. The van der Waals surface area contributed by atoms with Gasteiger partial charge in [-0.05, 0) is 17.7 Å². The minimum atomic E-state index is 0.864. The third kappa shape index (κ3) is 1.49. The maximum atomic E-state index is 4.24. The molecule has 0 N–H and O–H groups in total. The number of pyridine rings is 1. The van der Waals surface area contributed by atoms with E-state index in [1.807, 2.05) is 22.9 Å². The van der Waals surface area contributed by atoms with Gasteiger partial charge in [0, 0.05) is 18.6 Å². The zero-order chi connectivity index (χ0) is 9.10. The van der Waals surface area contributed by atoms with Crippen molar-refractivity contribution in [2.75, 3.05) is 0 Å². The van der Waals surface area contributed by atoms with Gasteiger partial charge in [0.15, 0.2) is 0 Å². The first-order valence-electron chi connectivity index (χ1n) is 3.97. The molecule has 0 fully saturated rings. The maximum absolute atomic E-state index is 4.24. The number of rotatable bonds is 2. The average molecular weight is 171 g/mol. The summed E-state index contributed by atoms with van der Waals surface area (Å²) in [5.41, 5.74) is 1.02. The van der Waals surface area contributed by atoms with Crippen LogP contribution < -0.4 is 0 Å². The number of aromatic nitrogens is 3. The predicted molar refractivity (Wildman–Crippen MR) is 51.5 cm³/mol. The standard InChI is InChI=1S/C10H9N3/c1-2-9-3-4-10(12-7-9)13-6-5-11-8-13/h2-8H,1H2. The van der Waals surface area contributed by atoms with Crippen molar-refractivity contribution >= 4 is 6.08 Å². The number of nitrogens with zero attached hydrogens (tertiary/aromatic N) is 3. The van der Waals surface area contributed by atoms with Gasteiger partial charge in [-0.1, -0.05) is 12.7 Å². The highest BCUT2D eigenvalue weighted by Crippen LogP contribution is 2.05. The molecule has 0 aliphatic carbocycles. The summed E-state index contributed by atoms with van der Waals surface area (Å²) in [6, 6.07) is 3.90. The molecule has 3 heteroatoms. The van der Waals surface area contributed by atoms with Crippen LogP contribution in [0.5, 0.6) is 0 Å². The lowest BCUT2D eigenvalue weighted by Crippen LogP contribution is -1.93. The minimum absolute atomic E-state index is 0.864. The van der Waals surface area contributed by atoms with Gasteiger partial charge in [-0.3, -0.25) is 4.57 Å². The van der Waals surface area contributed by atoms with E-state index in [2.05, 4.69) is 16.5 Å². The molecule has 0 aromatic carbocycles. The highest BCUT2D eigenvalue weighted by Gasteiger charge is 1.94. The van der Waals surface area contributed by atoms with Crippen LogP contribution in [0, 0.1) is 0 Å². The van der Waals surface area contributed by atoms with Crippen LogP contribution in [-0.2, 0) is 0 Å². The van der Waals surface area contributed by atoms with E-state index in [4.69, 9.17) is 0 Å². The van der Waals surface area contributed by atoms with Crippen LogP contribution in [0.1, 0.15) is 5.56 Å². The van der Waals surface area contributed by atoms with E-state index < -0.39 is 0 Å². The molecule has 2 aromatic heterocycles. The fourth-order valence-corrected chi connectivity index (χ4v) is 1.07. The molecule has 0 unspecified atom stereocenters. The Balaban J connectivity index is 2.38. The molecular formula is C10H9N3. The SMILES string of the molecule is C=Cc1ccc(-n2ccnc2)nc1. The summed E-state index contributed by atoms with van der Waals surface area (Å²) >= 11 is 0. The van der Waals surface area contributed by atoms with Gasteiger partial charge < -0.3 is 0 Å². The average Bonchev–Trinajstić information content (AvgIpc) is 2.71. The Hall–Kier alpha value is -1.90. The first-order valence-corrected chi connectivity index (χ1v) is 3.97. The molecule has 2 heterocycles. The summed E-state index contributed by atoms with van der Waals surface area (Å²) in [6.07, 6.45) is 8.85. The molecule has 0 bridgehead atoms. The van der Waals surface area contributed by atoms with Crippen molar-refractivity contribution in [3.05, 3.63) is 49.2 Å². The third-order valence-electron chi connectivity index (χ3n) is 1.78. The smallest absolute Gasteiger partial charge is 0.137 e. The molecule has 0 saturated heterocycles. The number of imidazole rings is 1. The molecule has 0 radical (unpaired) electrons. The molecule has 2 rings (SSSR count). The number of hydrogen-bond donors (Lipinski definition) is 0. The fraction of sp³-hybridized carbons (Fsp3) is 0. The van der Waals surface area contributed by atoms with Crippen LogP contribution >= 0.6 is 0 Å². The van der Waals surface area contributed by atoms with E-state index in [0.717, 1.165) is 11.4 Å². The first kappa shape index (κ1) is 7.73. The van der Waals surface area contributed by atoms with E-state index >= 15 is 0 Å². The van der Waals surface area contributed by atoms with Gasteiger partial charge in [-0.25, -0.2) is 9.97 Å². The Morgan fingerprint density at radius 2 is 2.31 bits per heavy atom. The second-order valence-electron chi connectivity index (χ2n) is 2.62. The molecule has 0 aliphatic rings. The monoisotopic (exact) mass is 171 g/mol. The van der Waals surface area contributed by atoms with Gasteiger partial charge in [0.1, 0.15) is 12.1 Å². The van der Waals surface area contributed by atoms with Gasteiger partial charge in [0.25, 0.3) is 0 Å². The van der Waals surface area contributed by atoms with Crippen molar-refractivity contribution in [3.63, 3.8) is 0 Å². The molecule has 0 amide bonds. The molecule has 0 atom stereocenters. The zero-order valence-electron chi connectivity index (χ0n) is 7.09. The zero-order valence-corrected chi connectivity index (χ0v) is 7.09. The Kier molecular flexibility index (Phi) is 1.92. The van der Waals surface area contributed by atoms with Crippen molar-refractivity contribution in [2.45, 2.75) is 0 Å². The molecular weight excluding hydrogens is 162 g/mol. The van der Waals surface area contributed by atoms with Gasteiger partial charge in [0.05, 0.1) is 0 Å². The van der Waals surface area contributed by atoms with E-state index in [1.165, 1.54) is 0 Å².